The van der Waals surface area contributed by atoms with Crippen molar-refractivity contribution in [2.75, 3.05) is 41.0 Å². The number of rotatable bonds is 10. The Balaban J connectivity index is 2.47. The zero-order valence-electron chi connectivity index (χ0n) is 12.9. The van der Waals surface area contributed by atoms with Gasteiger partial charge in [0.1, 0.15) is 11.5 Å². The highest BCUT2D eigenvalue weighted by Crippen LogP contribution is 2.27. The third kappa shape index (κ3) is 5.36. The van der Waals surface area contributed by atoms with Crippen molar-refractivity contribution in [1.82, 2.24) is 10.6 Å². The first-order valence-corrected chi connectivity index (χ1v) is 6.85. The molecule has 114 valence electrons. The molecule has 0 aliphatic carbocycles. The lowest BCUT2D eigenvalue weighted by atomic mass is 10.1. The van der Waals surface area contributed by atoms with Crippen molar-refractivity contribution < 1.29 is 14.2 Å². The van der Waals surface area contributed by atoms with Crippen molar-refractivity contribution in [3.8, 4) is 11.5 Å². The number of methoxy groups -OCH3 is 3. The molecule has 0 spiro atoms. The third-order valence-electron chi connectivity index (χ3n) is 3.09. The molecule has 20 heavy (non-hydrogen) atoms. The molecular formula is C15H26N2O3. The Morgan fingerprint density at radius 2 is 1.75 bits per heavy atom. The van der Waals surface area contributed by atoms with Crippen molar-refractivity contribution >= 4 is 0 Å². The molecule has 5 nitrogen and oxygen atoms in total. The number of benzene rings is 1. The summed E-state index contributed by atoms with van der Waals surface area (Å²) in [6.07, 6.45) is 0. The van der Waals surface area contributed by atoms with Crippen LogP contribution in [-0.4, -0.2) is 47.1 Å². The van der Waals surface area contributed by atoms with E-state index in [1.807, 2.05) is 18.2 Å². The van der Waals surface area contributed by atoms with E-state index in [0.29, 0.717) is 12.6 Å². The maximum Gasteiger partial charge on any atom is 0.127 e. The van der Waals surface area contributed by atoms with Gasteiger partial charge < -0.3 is 24.8 Å². The van der Waals surface area contributed by atoms with Gasteiger partial charge in [0.05, 0.1) is 20.8 Å². The van der Waals surface area contributed by atoms with Crippen LogP contribution in [-0.2, 0) is 11.3 Å². The minimum absolute atomic E-state index is 0.349. The Hall–Kier alpha value is -1.30. The molecule has 2 N–H and O–H groups in total. The van der Waals surface area contributed by atoms with Gasteiger partial charge in [-0.25, -0.2) is 0 Å². The Kier molecular flexibility index (Phi) is 8.02. The minimum Gasteiger partial charge on any atom is -0.496 e. The van der Waals surface area contributed by atoms with E-state index in [4.69, 9.17) is 14.2 Å². The molecule has 0 fully saturated rings. The van der Waals surface area contributed by atoms with Crippen LogP contribution in [0.5, 0.6) is 11.5 Å². The fraction of sp³-hybridized carbons (Fsp3) is 0.600. The average Bonchev–Trinajstić information content (AvgIpc) is 2.49. The van der Waals surface area contributed by atoms with Crippen LogP contribution in [0.25, 0.3) is 0 Å². The van der Waals surface area contributed by atoms with Crippen LogP contribution in [0.1, 0.15) is 12.5 Å². The number of hydrogen-bond donors (Lipinski definition) is 2. The Morgan fingerprint density at radius 3 is 2.30 bits per heavy atom. The first-order valence-electron chi connectivity index (χ1n) is 6.85. The van der Waals surface area contributed by atoms with E-state index in [9.17, 15) is 0 Å². The molecule has 0 aromatic heterocycles. The Morgan fingerprint density at radius 1 is 1.10 bits per heavy atom. The number of nitrogens with one attached hydrogen (secondary N) is 2. The van der Waals surface area contributed by atoms with Gasteiger partial charge in [-0.05, 0) is 19.1 Å². The summed E-state index contributed by atoms with van der Waals surface area (Å²) in [5.74, 6) is 1.69. The predicted molar refractivity (Wildman–Crippen MR) is 80.6 cm³/mol. The van der Waals surface area contributed by atoms with Crippen LogP contribution in [0.3, 0.4) is 0 Å². The van der Waals surface area contributed by atoms with Crippen LogP contribution < -0.4 is 20.1 Å². The van der Waals surface area contributed by atoms with Gasteiger partial charge in [-0.15, -0.1) is 0 Å². The second kappa shape index (κ2) is 9.58. The smallest absolute Gasteiger partial charge is 0.127 e. The van der Waals surface area contributed by atoms with Crippen LogP contribution in [0.2, 0.25) is 0 Å². The van der Waals surface area contributed by atoms with Crippen LogP contribution in [0.15, 0.2) is 18.2 Å². The Bertz CT molecular complexity index is 363. The summed E-state index contributed by atoms with van der Waals surface area (Å²) >= 11 is 0. The molecule has 0 saturated heterocycles. The fourth-order valence-electron chi connectivity index (χ4n) is 1.94. The summed E-state index contributed by atoms with van der Waals surface area (Å²) in [4.78, 5) is 0. The van der Waals surface area contributed by atoms with E-state index in [2.05, 4.69) is 17.6 Å². The maximum atomic E-state index is 5.38. The first-order chi connectivity index (χ1) is 9.72. The number of ether oxygens (including phenoxy) is 3. The van der Waals surface area contributed by atoms with Gasteiger partial charge >= 0.3 is 0 Å². The minimum atomic E-state index is 0.349. The quantitative estimate of drug-likeness (QED) is 0.636. The Labute approximate surface area is 121 Å². The van der Waals surface area contributed by atoms with Crippen molar-refractivity contribution in [3.05, 3.63) is 23.8 Å². The van der Waals surface area contributed by atoms with E-state index in [1.165, 1.54) is 0 Å². The molecule has 0 radical (unpaired) electrons. The molecule has 1 atom stereocenters. The van der Waals surface area contributed by atoms with Gasteiger partial charge in [-0.1, -0.05) is 6.07 Å². The lowest BCUT2D eigenvalue weighted by Crippen LogP contribution is -2.37. The molecule has 0 amide bonds. The highest BCUT2D eigenvalue weighted by molar-refractivity contribution is 5.44. The standard InChI is InChI=1S/C15H26N2O3/c1-12(10-16-8-9-18-2)17-11-13-14(19-3)6-5-7-15(13)20-4/h5-7,12,16-17H,8-11H2,1-4H3. The molecule has 1 aromatic carbocycles. The van der Waals surface area contributed by atoms with Gasteiger partial charge in [0.15, 0.2) is 0 Å². The fourth-order valence-corrected chi connectivity index (χ4v) is 1.94. The van der Waals surface area contributed by atoms with Crippen molar-refractivity contribution in [3.63, 3.8) is 0 Å². The van der Waals surface area contributed by atoms with Crippen LogP contribution in [0.4, 0.5) is 0 Å². The van der Waals surface area contributed by atoms with Crippen molar-refractivity contribution in [2.24, 2.45) is 0 Å². The normalized spacial score (nSPS) is 12.2. The molecule has 0 heterocycles. The second-order valence-corrected chi connectivity index (χ2v) is 4.62. The molecule has 1 aromatic rings. The molecule has 0 saturated carbocycles. The SMILES string of the molecule is COCCNCC(C)NCc1c(OC)cccc1OC. The summed E-state index contributed by atoms with van der Waals surface area (Å²) in [6.45, 7) is 5.33. The van der Waals surface area contributed by atoms with E-state index in [1.54, 1.807) is 21.3 Å². The van der Waals surface area contributed by atoms with E-state index < -0.39 is 0 Å². The monoisotopic (exact) mass is 282 g/mol. The van der Waals surface area contributed by atoms with E-state index in [0.717, 1.165) is 36.8 Å². The van der Waals surface area contributed by atoms with E-state index >= 15 is 0 Å². The number of hydrogen-bond acceptors (Lipinski definition) is 5. The van der Waals surface area contributed by atoms with Gasteiger partial charge in [0.2, 0.25) is 0 Å². The zero-order chi connectivity index (χ0) is 14.8. The topological polar surface area (TPSA) is 51.8 Å². The molecule has 1 unspecified atom stereocenters. The largest absolute Gasteiger partial charge is 0.496 e. The maximum absolute atomic E-state index is 5.38. The lowest BCUT2D eigenvalue weighted by molar-refractivity contribution is 0.198. The van der Waals surface area contributed by atoms with Crippen LogP contribution >= 0.6 is 0 Å². The van der Waals surface area contributed by atoms with Crippen LogP contribution in [0, 0.1) is 0 Å². The molecule has 0 aliphatic rings. The first kappa shape index (κ1) is 16.8. The lowest BCUT2D eigenvalue weighted by Gasteiger charge is -2.18. The summed E-state index contributed by atoms with van der Waals surface area (Å²) in [7, 11) is 5.05. The van der Waals surface area contributed by atoms with Gasteiger partial charge in [0.25, 0.3) is 0 Å². The third-order valence-corrected chi connectivity index (χ3v) is 3.09. The highest BCUT2D eigenvalue weighted by Gasteiger charge is 2.10. The van der Waals surface area contributed by atoms with E-state index in [-0.39, 0.29) is 0 Å². The van der Waals surface area contributed by atoms with Gasteiger partial charge in [-0.2, -0.15) is 0 Å². The summed E-state index contributed by atoms with van der Waals surface area (Å²) in [5.41, 5.74) is 1.04. The molecule has 5 heteroatoms. The molecular weight excluding hydrogens is 256 g/mol. The predicted octanol–water partition coefficient (Wildman–Crippen LogP) is 1.42. The van der Waals surface area contributed by atoms with Gasteiger partial charge in [0, 0.05) is 38.3 Å². The van der Waals surface area contributed by atoms with Crippen molar-refractivity contribution in [1.29, 1.82) is 0 Å². The molecule has 0 bridgehead atoms. The zero-order valence-corrected chi connectivity index (χ0v) is 12.9. The summed E-state index contributed by atoms with van der Waals surface area (Å²) in [5, 5.41) is 6.79. The molecule has 0 aliphatic heterocycles. The molecule has 1 rings (SSSR count). The van der Waals surface area contributed by atoms with Crippen molar-refractivity contribution in [2.45, 2.75) is 19.5 Å². The highest BCUT2D eigenvalue weighted by atomic mass is 16.5. The summed E-state index contributed by atoms with van der Waals surface area (Å²) < 4.78 is 15.8. The average molecular weight is 282 g/mol. The second-order valence-electron chi connectivity index (χ2n) is 4.62. The van der Waals surface area contributed by atoms with Gasteiger partial charge in [-0.3, -0.25) is 0 Å². The summed E-state index contributed by atoms with van der Waals surface area (Å²) in [6, 6.07) is 6.17.